The highest BCUT2D eigenvalue weighted by Gasteiger charge is 2.13. The number of benzene rings is 1. The van der Waals surface area contributed by atoms with E-state index in [-0.39, 0.29) is 11.6 Å². The maximum absolute atomic E-state index is 11.0. The molecule has 6 heteroatoms. The Morgan fingerprint density at radius 2 is 1.87 bits per heavy atom. The number of carbonyl (C=O) groups is 1. The van der Waals surface area contributed by atoms with Gasteiger partial charge in [0.05, 0.1) is 5.69 Å². The summed E-state index contributed by atoms with van der Waals surface area (Å²) in [5.74, 6) is 0.320. The molecule has 23 heavy (non-hydrogen) atoms. The zero-order valence-electron chi connectivity index (χ0n) is 12.8. The van der Waals surface area contributed by atoms with Crippen LogP contribution < -0.4 is 0 Å². The summed E-state index contributed by atoms with van der Waals surface area (Å²) in [6.07, 6.45) is 1.59. The molecule has 0 fully saturated rings. The summed E-state index contributed by atoms with van der Waals surface area (Å²) in [6, 6.07) is 13.0. The van der Waals surface area contributed by atoms with E-state index < -0.39 is 5.97 Å². The van der Waals surface area contributed by atoms with Crippen molar-refractivity contribution in [3.63, 3.8) is 0 Å². The lowest BCUT2D eigenvalue weighted by atomic mass is 10.1. The fourth-order valence-electron chi connectivity index (χ4n) is 2.15. The molecule has 6 nitrogen and oxygen atoms in total. The molecule has 0 saturated carbocycles. The first kappa shape index (κ1) is 14.9. The molecular weight excluding hydrogens is 292 g/mol. The molecule has 0 aliphatic carbocycles. The van der Waals surface area contributed by atoms with Gasteiger partial charge in [0.25, 0.3) is 0 Å². The molecule has 116 valence electrons. The highest BCUT2D eigenvalue weighted by Crippen LogP contribution is 2.21. The SMILES string of the molecule is CC(C)c1nc(-c2ccccc2)cc(-n2ccc(C(=O)O)n2)n1. The number of nitrogens with zero attached hydrogens (tertiary/aromatic N) is 4. The van der Waals surface area contributed by atoms with E-state index in [0.717, 1.165) is 11.3 Å². The molecule has 1 N–H and O–H groups in total. The smallest absolute Gasteiger partial charge is 0.356 e. The van der Waals surface area contributed by atoms with E-state index in [0.29, 0.717) is 11.6 Å². The molecule has 0 radical (unpaired) electrons. The van der Waals surface area contributed by atoms with Gasteiger partial charge in [-0.2, -0.15) is 5.10 Å². The van der Waals surface area contributed by atoms with Crippen molar-refractivity contribution in [2.75, 3.05) is 0 Å². The quantitative estimate of drug-likeness (QED) is 0.800. The van der Waals surface area contributed by atoms with Gasteiger partial charge in [-0.15, -0.1) is 0 Å². The van der Waals surface area contributed by atoms with Crippen LogP contribution in [0.25, 0.3) is 17.1 Å². The standard InChI is InChI=1S/C17H16N4O2/c1-11(2)16-18-14(12-6-4-3-5-7-12)10-15(19-16)21-9-8-13(20-21)17(22)23/h3-11H,1-2H3,(H,22,23). The van der Waals surface area contributed by atoms with Crippen LogP contribution in [0.2, 0.25) is 0 Å². The van der Waals surface area contributed by atoms with Crippen molar-refractivity contribution in [3.8, 4) is 17.1 Å². The molecule has 0 spiro atoms. The van der Waals surface area contributed by atoms with Crippen LogP contribution in [-0.4, -0.2) is 30.8 Å². The second-order valence-corrected chi connectivity index (χ2v) is 5.44. The predicted octanol–water partition coefficient (Wildman–Crippen LogP) is 3.15. The highest BCUT2D eigenvalue weighted by molar-refractivity contribution is 5.85. The Labute approximate surface area is 133 Å². The molecular formula is C17H16N4O2. The van der Waals surface area contributed by atoms with E-state index in [9.17, 15) is 4.79 Å². The van der Waals surface area contributed by atoms with Crippen LogP contribution in [0.1, 0.15) is 36.1 Å². The maximum atomic E-state index is 11.0. The lowest BCUT2D eigenvalue weighted by Gasteiger charge is -2.10. The Morgan fingerprint density at radius 3 is 2.48 bits per heavy atom. The first-order valence-electron chi connectivity index (χ1n) is 7.28. The number of rotatable bonds is 4. The van der Waals surface area contributed by atoms with E-state index in [1.165, 1.54) is 10.7 Å². The van der Waals surface area contributed by atoms with Crippen LogP contribution >= 0.6 is 0 Å². The molecule has 0 bridgehead atoms. The lowest BCUT2D eigenvalue weighted by Crippen LogP contribution is -2.07. The number of aromatic nitrogens is 4. The van der Waals surface area contributed by atoms with E-state index >= 15 is 0 Å². The third-order valence-electron chi connectivity index (χ3n) is 3.36. The number of aromatic carboxylic acids is 1. The Bertz CT molecular complexity index is 841. The van der Waals surface area contributed by atoms with Crippen molar-refractivity contribution in [2.45, 2.75) is 19.8 Å². The zero-order chi connectivity index (χ0) is 16.4. The minimum atomic E-state index is -1.06. The van der Waals surface area contributed by atoms with E-state index in [4.69, 9.17) is 5.11 Å². The maximum Gasteiger partial charge on any atom is 0.356 e. The minimum Gasteiger partial charge on any atom is -0.476 e. The van der Waals surface area contributed by atoms with Crippen LogP contribution in [0.4, 0.5) is 0 Å². The van der Waals surface area contributed by atoms with Gasteiger partial charge >= 0.3 is 5.97 Å². The first-order chi connectivity index (χ1) is 11.0. The number of hydrogen-bond acceptors (Lipinski definition) is 4. The Morgan fingerprint density at radius 1 is 1.13 bits per heavy atom. The van der Waals surface area contributed by atoms with Crippen molar-refractivity contribution in [2.24, 2.45) is 0 Å². The predicted molar refractivity (Wildman–Crippen MR) is 85.6 cm³/mol. The molecule has 0 aliphatic heterocycles. The van der Waals surface area contributed by atoms with E-state index in [2.05, 4.69) is 15.1 Å². The summed E-state index contributed by atoms with van der Waals surface area (Å²) in [5, 5.41) is 13.1. The monoisotopic (exact) mass is 308 g/mol. The third-order valence-corrected chi connectivity index (χ3v) is 3.36. The van der Waals surface area contributed by atoms with E-state index in [1.807, 2.05) is 44.2 Å². The van der Waals surface area contributed by atoms with E-state index in [1.54, 1.807) is 12.3 Å². The normalized spacial score (nSPS) is 10.9. The molecule has 2 heterocycles. The first-order valence-corrected chi connectivity index (χ1v) is 7.28. The number of carboxylic acid groups (broad SMARTS) is 1. The van der Waals surface area contributed by atoms with Gasteiger partial charge in [0.2, 0.25) is 0 Å². The van der Waals surface area contributed by atoms with Crippen molar-refractivity contribution in [1.29, 1.82) is 0 Å². The molecule has 0 amide bonds. The average molecular weight is 308 g/mol. The summed E-state index contributed by atoms with van der Waals surface area (Å²) < 4.78 is 1.46. The van der Waals surface area contributed by atoms with Gasteiger partial charge in [0, 0.05) is 23.7 Å². The van der Waals surface area contributed by atoms with Gasteiger partial charge in [0.1, 0.15) is 5.82 Å². The molecule has 0 unspecified atom stereocenters. The van der Waals surface area contributed by atoms with Crippen molar-refractivity contribution in [1.82, 2.24) is 19.7 Å². The van der Waals surface area contributed by atoms with Gasteiger partial charge in [-0.25, -0.2) is 19.4 Å². The van der Waals surface area contributed by atoms with Crippen LogP contribution in [0, 0.1) is 0 Å². The topological polar surface area (TPSA) is 80.9 Å². The summed E-state index contributed by atoms with van der Waals surface area (Å²) in [7, 11) is 0. The molecule has 0 saturated heterocycles. The molecule has 0 atom stereocenters. The van der Waals surface area contributed by atoms with Gasteiger partial charge in [-0.3, -0.25) is 0 Å². The fraction of sp³-hybridized carbons (Fsp3) is 0.176. The summed E-state index contributed by atoms with van der Waals surface area (Å²) in [5.41, 5.74) is 1.74. The van der Waals surface area contributed by atoms with Crippen LogP contribution in [-0.2, 0) is 0 Å². The van der Waals surface area contributed by atoms with Crippen LogP contribution in [0.3, 0.4) is 0 Å². The molecule has 1 aromatic carbocycles. The Hall–Kier alpha value is -3.02. The average Bonchev–Trinajstić information content (AvgIpc) is 3.05. The van der Waals surface area contributed by atoms with Gasteiger partial charge in [0.15, 0.2) is 11.5 Å². The number of hydrogen-bond donors (Lipinski definition) is 1. The van der Waals surface area contributed by atoms with Crippen molar-refractivity contribution >= 4 is 5.97 Å². The van der Waals surface area contributed by atoms with Gasteiger partial charge in [-0.1, -0.05) is 44.2 Å². The van der Waals surface area contributed by atoms with Gasteiger partial charge in [-0.05, 0) is 6.07 Å². The second kappa shape index (κ2) is 6.00. The van der Waals surface area contributed by atoms with Crippen LogP contribution in [0.5, 0.6) is 0 Å². The zero-order valence-corrected chi connectivity index (χ0v) is 12.8. The molecule has 3 aromatic rings. The Kier molecular flexibility index (Phi) is 3.89. The lowest BCUT2D eigenvalue weighted by molar-refractivity contribution is 0.0690. The van der Waals surface area contributed by atoms with Gasteiger partial charge < -0.3 is 5.11 Å². The summed E-state index contributed by atoms with van der Waals surface area (Å²) in [4.78, 5) is 20.1. The van der Waals surface area contributed by atoms with Crippen molar-refractivity contribution in [3.05, 3.63) is 60.2 Å². The second-order valence-electron chi connectivity index (χ2n) is 5.44. The largest absolute Gasteiger partial charge is 0.476 e. The molecule has 3 rings (SSSR count). The Balaban J connectivity index is 2.12. The number of carboxylic acids is 1. The van der Waals surface area contributed by atoms with Crippen LogP contribution in [0.15, 0.2) is 48.7 Å². The van der Waals surface area contributed by atoms with Crippen molar-refractivity contribution < 1.29 is 9.90 Å². The minimum absolute atomic E-state index is 0.0176. The molecule has 0 aliphatic rings. The molecule has 2 aromatic heterocycles. The fourth-order valence-corrected chi connectivity index (χ4v) is 2.15. The third kappa shape index (κ3) is 3.11. The summed E-state index contributed by atoms with van der Waals surface area (Å²) >= 11 is 0. The highest BCUT2D eigenvalue weighted by atomic mass is 16.4. The summed E-state index contributed by atoms with van der Waals surface area (Å²) in [6.45, 7) is 4.03.